The van der Waals surface area contributed by atoms with Crippen molar-refractivity contribution in [1.29, 1.82) is 0 Å². The van der Waals surface area contributed by atoms with E-state index in [4.69, 9.17) is 9.47 Å². The molecule has 2 N–H and O–H groups in total. The summed E-state index contributed by atoms with van der Waals surface area (Å²) >= 11 is 0. The van der Waals surface area contributed by atoms with Crippen molar-refractivity contribution in [1.82, 2.24) is 10.2 Å². The number of benzene rings is 1. The number of rotatable bonds is 7. The monoisotopic (exact) mass is 379 g/mol. The Kier molecular flexibility index (Phi) is 11.8. The Labute approximate surface area is 156 Å². The molecule has 1 unspecified atom stereocenters. The van der Waals surface area contributed by atoms with Crippen LogP contribution in [0.2, 0.25) is 0 Å². The van der Waals surface area contributed by atoms with E-state index >= 15 is 0 Å². The van der Waals surface area contributed by atoms with Crippen molar-refractivity contribution < 1.29 is 14.3 Å². The summed E-state index contributed by atoms with van der Waals surface area (Å²) in [5.41, 5.74) is 0.772. The molecule has 0 aliphatic carbocycles. The predicted octanol–water partition coefficient (Wildman–Crippen LogP) is 1.79. The standard InChI is InChI=1S/C16H25N3O3.2ClH/c1-19(2)8-10-22-14-5-3-13(4-6-14)18-16(20)11-15-12-17-7-9-21-15;;/h3-6,15,17H,7-12H2,1-2H3,(H,18,20);2*1H. The third kappa shape index (κ3) is 8.70. The Balaban J connectivity index is 0.00000264. The summed E-state index contributed by atoms with van der Waals surface area (Å²) in [5.74, 6) is 0.773. The number of anilines is 1. The number of nitrogens with one attached hydrogen (secondary N) is 2. The lowest BCUT2D eigenvalue weighted by Crippen LogP contribution is -2.40. The first-order valence-electron chi connectivity index (χ1n) is 7.63. The van der Waals surface area contributed by atoms with Crippen molar-refractivity contribution in [2.24, 2.45) is 0 Å². The number of hydrogen-bond acceptors (Lipinski definition) is 5. The van der Waals surface area contributed by atoms with Gasteiger partial charge < -0.3 is 25.0 Å². The predicted molar refractivity (Wildman–Crippen MR) is 101 cm³/mol. The molecule has 0 bridgehead atoms. The fourth-order valence-electron chi connectivity index (χ4n) is 2.15. The lowest BCUT2D eigenvalue weighted by atomic mass is 10.2. The van der Waals surface area contributed by atoms with Crippen molar-refractivity contribution in [3.63, 3.8) is 0 Å². The van der Waals surface area contributed by atoms with Gasteiger partial charge in [0.05, 0.1) is 19.1 Å². The number of hydrogen-bond donors (Lipinski definition) is 2. The molecule has 8 heteroatoms. The van der Waals surface area contributed by atoms with Gasteiger partial charge in [-0.25, -0.2) is 0 Å². The fourth-order valence-corrected chi connectivity index (χ4v) is 2.15. The molecule has 1 aliphatic rings. The molecule has 1 aromatic rings. The van der Waals surface area contributed by atoms with Gasteiger partial charge in [0.25, 0.3) is 0 Å². The number of carbonyl (C=O) groups excluding carboxylic acids is 1. The molecule has 2 rings (SSSR count). The Bertz CT molecular complexity index is 466. The quantitative estimate of drug-likeness (QED) is 0.755. The molecule has 1 amide bonds. The molecule has 1 atom stereocenters. The summed E-state index contributed by atoms with van der Waals surface area (Å²) in [6.45, 7) is 3.76. The first-order chi connectivity index (χ1) is 10.6. The van der Waals surface area contributed by atoms with Crippen LogP contribution in [0.1, 0.15) is 6.42 Å². The van der Waals surface area contributed by atoms with E-state index in [0.29, 0.717) is 19.6 Å². The van der Waals surface area contributed by atoms with Gasteiger partial charge >= 0.3 is 0 Å². The number of carbonyl (C=O) groups is 1. The van der Waals surface area contributed by atoms with Crippen LogP contribution in [-0.2, 0) is 9.53 Å². The lowest BCUT2D eigenvalue weighted by Gasteiger charge is -2.23. The largest absolute Gasteiger partial charge is 0.492 e. The molecule has 24 heavy (non-hydrogen) atoms. The molecule has 1 aliphatic heterocycles. The smallest absolute Gasteiger partial charge is 0.227 e. The maximum Gasteiger partial charge on any atom is 0.227 e. The Morgan fingerprint density at radius 3 is 2.62 bits per heavy atom. The van der Waals surface area contributed by atoms with E-state index in [0.717, 1.165) is 31.1 Å². The molecule has 0 aromatic heterocycles. The number of nitrogens with zero attached hydrogens (tertiary/aromatic N) is 1. The normalized spacial score (nSPS) is 16.7. The second-order valence-corrected chi connectivity index (χ2v) is 5.63. The van der Waals surface area contributed by atoms with Crippen LogP contribution in [0.4, 0.5) is 5.69 Å². The maximum absolute atomic E-state index is 12.0. The molecule has 138 valence electrons. The van der Waals surface area contributed by atoms with Crippen molar-refractivity contribution in [2.45, 2.75) is 12.5 Å². The van der Waals surface area contributed by atoms with Crippen molar-refractivity contribution >= 4 is 36.4 Å². The van der Waals surface area contributed by atoms with E-state index < -0.39 is 0 Å². The molecule has 0 saturated carbocycles. The minimum absolute atomic E-state index is 0. The topological polar surface area (TPSA) is 62.8 Å². The molecule has 6 nitrogen and oxygen atoms in total. The first-order valence-corrected chi connectivity index (χ1v) is 7.63. The number of likely N-dealkylation sites (N-methyl/N-ethyl adjacent to an activating group) is 1. The average Bonchev–Trinajstić information content (AvgIpc) is 2.49. The van der Waals surface area contributed by atoms with E-state index in [1.165, 1.54) is 0 Å². The summed E-state index contributed by atoms with van der Waals surface area (Å²) in [5, 5.41) is 6.09. The van der Waals surface area contributed by atoms with Crippen LogP contribution in [0.3, 0.4) is 0 Å². The third-order valence-corrected chi connectivity index (χ3v) is 3.36. The number of ether oxygens (including phenoxy) is 2. The van der Waals surface area contributed by atoms with E-state index in [-0.39, 0.29) is 36.8 Å². The highest BCUT2D eigenvalue weighted by molar-refractivity contribution is 5.91. The van der Waals surface area contributed by atoms with Gasteiger partial charge in [0, 0.05) is 25.3 Å². The average molecular weight is 380 g/mol. The Morgan fingerprint density at radius 2 is 2.04 bits per heavy atom. The minimum atomic E-state index is -0.0395. The number of amides is 1. The molecule has 0 radical (unpaired) electrons. The molecule has 1 fully saturated rings. The molecule has 1 saturated heterocycles. The van der Waals surface area contributed by atoms with Crippen LogP contribution >= 0.6 is 24.8 Å². The van der Waals surface area contributed by atoms with Crippen LogP contribution in [-0.4, -0.2) is 63.9 Å². The van der Waals surface area contributed by atoms with Crippen LogP contribution in [0.25, 0.3) is 0 Å². The zero-order valence-electron chi connectivity index (χ0n) is 14.1. The van der Waals surface area contributed by atoms with E-state index in [1.807, 2.05) is 38.4 Å². The summed E-state index contributed by atoms with van der Waals surface area (Å²) in [6.07, 6.45) is 0.330. The van der Waals surface area contributed by atoms with Crippen LogP contribution in [0.15, 0.2) is 24.3 Å². The fraction of sp³-hybridized carbons (Fsp3) is 0.562. The highest BCUT2D eigenvalue weighted by Crippen LogP contribution is 2.16. The Hall–Kier alpha value is -1.05. The van der Waals surface area contributed by atoms with Crippen LogP contribution in [0.5, 0.6) is 5.75 Å². The molecule has 0 spiro atoms. The van der Waals surface area contributed by atoms with Gasteiger partial charge in [0.15, 0.2) is 0 Å². The first kappa shape index (κ1) is 22.9. The second-order valence-electron chi connectivity index (χ2n) is 5.63. The van der Waals surface area contributed by atoms with E-state index in [2.05, 4.69) is 15.5 Å². The molecular formula is C16H27Cl2N3O3. The van der Waals surface area contributed by atoms with Gasteiger partial charge in [-0.05, 0) is 38.4 Å². The van der Waals surface area contributed by atoms with Gasteiger partial charge in [-0.15, -0.1) is 24.8 Å². The van der Waals surface area contributed by atoms with Gasteiger partial charge in [-0.2, -0.15) is 0 Å². The number of halogens is 2. The zero-order chi connectivity index (χ0) is 15.8. The summed E-state index contributed by atoms with van der Waals surface area (Å²) in [6, 6.07) is 7.43. The van der Waals surface area contributed by atoms with Crippen LogP contribution in [0, 0.1) is 0 Å². The molecule has 1 heterocycles. The zero-order valence-corrected chi connectivity index (χ0v) is 15.8. The molecular weight excluding hydrogens is 353 g/mol. The van der Waals surface area contributed by atoms with Crippen molar-refractivity contribution in [2.75, 3.05) is 52.3 Å². The second kappa shape index (κ2) is 12.3. The summed E-state index contributed by atoms with van der Waals surface area (Å²) in [4.78, 5) is 14.0. The van der Waals surface area contributed by atoms with Crippen molar-refractivity contribution in [3.8, 4) is 5.75 Å². The summed E-state index contributed by atoms with van der Waals surface area (Å²) in [7, 11) is 4.01. The number of morpholine rings is 1. The highest BCUT2D eigenvalue weighted by Gasteiger charge is 2.17. The Morgan fingerprint density at radius 1 is 1.33 bits per heavy atom. The van der Waals surface area contributed by atoms with Gasteiger partial charge in [-0.3, -0.25) is 4.79 Å². The SMILES string of the molecule is CN(C)CCOc1ccc(NC(=O)CC2CNCCO2)cc1.Cl.Cl. The van der Waals surface area contributed by atoms with Crippen LogP contribution < -0.4 is 15.4 Å². The lowest BCUT2D eigenvalue weighted by molar-refractivity contribution is -0.119. The maximum atomic E-state index is 12.0. The van der Waals surface area contributed by atoms with Crippen molar-refractivity contribution in [3.05, 3.63) is 24.3 Å². The van der Waals surface area contributed by atoms with E-state index in [9.17, 15) is 4.79 Å². The minimum Gasteiger partial charge on any atom is -0.492 e. The highest BCUT2D eigenvalue weighted by atomic mass is 35.5. The molecule has 1 aromatic carbocycles. The van der Waals surface area contributed by atoms with Gasteiger partial charge in [0.2, 0.25) is 5.91 Å². The van der Waals surface area contributed by atoms with Gasteiger partial charge in [0.1, 0.15) is 12.4 Å². The van der Waals surface area contributed by atoms with Gasteiger partial charge in [-0.1, -0.05) is 0 Å². The summed E-state index contributed by atoms with van der Waals surface area (Å²) < 4.78 is 11.1. The van der Waals surface area contributed by atoms with E-state index in [1.54, 1.807) is 0 Å². The third-order valence-electron chi connectivity index (χ3n) is 3.36.